The van der Waals surface area contributed by atoms with Crippen LogP contribution >= 0.6 is 0 Å². The first-order valence-electron chi connectivity index (χ1n) is 6.05. The fourth-order valence-electron chi connectivity index (χ4n) is 1.47. The summed E-state index contributed by atoms with van der Waals surface area (Å²) in [4.78, 5) is 0. The number of hydrogen-bond acceptors (Lipinski definition) is 2. The molecule has 0 aromatic heterocycles. The lowest BCUT2D eigenvalue weighted by molar-refractivity contribution is 0.0524. The highest BCUT2D eigenvalue weighted by atomic mass is 16.5. The first-order chi connectivity index (χ1) is 6.70. The zero-order valence-electron chi connectivity index (χ0n) is 10.3. The van der Waals surface area contributed by atoms with Crippen LogP contribution in [0.5, 0.6) is 0 Å². The Bertz CT molecular complexity index is 117. The molecule has 0 spiro atoms. The SMILES string of the molecule is CCCCOC(C)CC(C)NCCC. The van der Waals surface area contributed by atoms with Gasteiger partial charge in [-0.3, -0.25) is 0 Å². The van der Waals surface area contributed by atoms with Gasteiger partial charge in [0.15, 0.2) is 0 Å². The van der Waals surface area contributed by atoms with Gasteiger partial charge in [-0.2, -0.15) is 0 Å². The minimum absolute atomic E-state index is 0.390. The molecule has 2 atom stereocenters. The molecule has 0 aromatic rings. The van der Waals surface area contributed by atoms with Gasteiger partial charge >= 0.3 is 0 Å². The van der Waals surface area contributed by atoms with Crippen LogP contribution in [0.15, 0.2) is 0 Å². The van der Waals surface area contributed by atoms with Crippen LogP contribution in [0.3, 0.4) is 0 Å². The van der Waals surface area contributed by atoms with Crippen LogP contribution in [0.2, 0.25) is 0 Å². The third-order valence-corrected chi connectivity index (χ3v) is 2.33. The molecule has 86 valence electrons. The second-order valence-corrected chi connectivity index (χ2v) is 4.13. The van der Waals surface area contributed by atoms with Crippen molar-refractivity contribution in [1.82, 2.24) is 5.32 Å². The van der Waals surface area contributed by atoms with Crippen LogP contribution < -0.4 is 5.32 Å². The van der Waals surface area contributed by atoms with E-state index in [9.17, 15) is 0 Å². The van der Waals surface area contributed by atoms with Crippen molar-refractivity contribution in [3.05, 3.63) is 0 Å². The van der Waals surface area contributed by atoms with Crippen molar-refractivity contribution in [2.24, 2.45) is 0 Å². The summed E-state index contributed by atoms with van der Waals surface area (Å²) < 4.78 is 5.69. The van der Waals surface area contributed by atoms with Gasteiger partial charge in [-0.15, -0.1) is 0 Å². The quantitative estimate of drug-likeness (QED) is 0.579. The third kappa shape index (κ3) is 8.52. The Labute approximate surface area is 89.4 Å². The van der Waals surface area contributed by atoms with Gasteiger partial charge in [0.05, 0.1) is 6.10 Å². The highest BCUT2D eigenvalue weighted by molar-refractivity contribution is 4.64. The highest BCUT2D eigenvalue weighted by Crippen LogP contribution is 2.03. The molecular weight excluding hydrogens is 174 g/mol. The molecule has 0 saturated carbocycles. The largest absolute Gasteiger partial charge is 0.378 e. The van der Waals surface area contributed by atoms with E-state index < -0.39 is 0 Å². The molecule has 0 aliphatic carbocycles. The van der Waals surface area contributed by atoms with Gasteiger partial charge in [0, 0.05) is 12.6 Å². The van der Waals surface area contributed by atoms with Crippen LogP contribution in [-0.4, -0.2) is 25.3 Å². The Hall–Kier alpha value is -0.0800. The first-order valence-corrected chi connectivity index (χ1v) is 6.05. The van der Waals surface area contributed by atoms with Crippen molar-refractivity contribution in [1.29, 1.82) is 0 Å². The molecule has 2 nitrogen and oxygen atoms in total. The summed E-state index contributed by atoms with van der Waals surface area (Å²) in [5.74, 6) is 0. The average Bonchev–Trinajstić information content (AvgIpc) is 2.15. The van der Waals surface area contributed by atoms with Crippen LogP contribution in [0.4, 0.5) is 0 Å². The van der Waals surface area contributed by atoms with Gasteiger partial charge in [0.1, 0.15) is 0 Å². The fraction of sp³-hybridized carbons (Fsp3) is 1.00. The van der Waals surface area contributed by atoms with Crippen LogP contribution in [-0.2, 0) is 4.74 Å². The number of unbranched alkanes of at least 4 members (excludes halogenated alkanes) is 1. The summed E-state index contributed by atoms with van der Waals surface area (Å²) in [5.41, 5.74) is 0. The minimum atomic E-state index is 0.390. The average molecular weight is 201 g/mol. The van der Waals surface area contributed by atoms with E-state index in [4.69, 9.17) is 4.74 Å². The summed E-state index contributed by atoms with van der Waals surface area (Å²) in [6.07, 6.45) is 5.11. The van der Waals surface area contributed by atoms with E-state index in [-0.39, 0.29) is 0 Å². The van der Waals surface area contributed by atoms with E-state index in [0.717, 1.165) is 19.6 Å². The van der Waals surface area contributed by atoms with Crippen LogP contribution in [0.1, 0.15) is 53.4 Å². The lowest BCUT2D eigenvalue weighted by Crippen LogP contribution is -2.30. The number of ether oxygens (including phenoxy) is 1. The van der Waals surface area contributed by atoms with E-state index in [1.54, 1.807) is 0 Å². The monoisotopic (exact) mass is 201 g/mol. The van der Waals surface area contributed by atoms with Crippen molar-refractivity contribution in [3.63, 3.8) is 0 Å². The van der Waals surface area contributed by atoms with E-state index in [0.29, 0.717) is 12.1 Å². The Balaban J connectivity index is 3.35. The van der Waals surface area contributed by atoms with Gasteiger partial charge in [-0.1, -0.05) is 20.3 Å². The van der Waals surface area contributed by atoms with Gasteiger partial charge in [-0.05, 0) is 39.7 Å². The first kappa shape index (κ1) is 13.9. The maximum absolute atomic E-state index is 5.69. The summed E-state index contributed by atoms with van der Waals surface area (Å²) >= 11 is 0. The Morgan fingerprint density at radius 2 is 1.86 bits per heavy atom. The number of rotatable bonds is 9. The highest BCUT2D eigenvalue weighted by Gasteiger charge is 2.07. The predicted octanol–water partition coefficient (Wildman–Crippen LogP) is 2.97. The second kappa shape index (κ2) is 9.47. The van der Waals surface area contributed by atoms with Crippen molar-refractivity contribution >= 4 is 0 Å². The molecule has 0 radical (unpaired) electrons. The molecule has 0 fully saturated rings. The van der Waals surface area contributed by atoms with Crippen molar-refractivity contribution in [2.45, 2.75) is 65.5 Å². The Morgan fingerprint density at radius 3 is 2.43 bits per heavy atom. The van der Waals surface area contributed by atoms with E-state index in [1.807, 2.05) is 0 Å². The van der Waals surface area contributed by atoms with Crippen molar-refractivity contribution in [3.8, 4) is 0 Å². The molecule has 2 unspecified atom stereocenters. The lowest BCUT2D eigenvalue weighted by Gasteiger charge is -2.18. The summed E-state index contributed by atoms with van der Waals surface area (Å²) in [6, 6.07) is 0.576. The van der Waals surface area contributed by atoms with Crippen molar-refractivity contribution < 1.29 is 4.74 Å². The van der Waals surface area contributed by atoms with E-state index >= 15 is 0 Å². The van der Waals surface area contributed by atoms with E-state index in [2.05, 4.69) is 33.0 Å². The van der Waals surface area contributed by atoms with Crippen LogP contribution in [0.25, 0.3) is 0 Å². The molecule has 14 heavy (non-hydrogen) atoms. The molecule has 0 bridgehead atoms. The molecule has 0 aliphatic rings. The molecule has 0 rings (SSSR count). The molecule has 0 saturated heterocycles. The van der Waals surface area contributed by atoms with Crippen LogP contribution in [0, 0.1) is 0 Å². The van der Waals surface area contributed by atoms with E-state index in [1.165, 1.54) is 19.3 Å². The maximum atomic E-state index is 5.69. The zero-order valence-corrected chi connectivity index (χ0v) is 10.3. The Morgan fingerprint density at radius 1 is 1.14 bits per heavy atom. The number of hydrogen-bond donors (Lipinski definition) is 1. The summed E-state index contributed by atoms with van der Waals surface area (Å²) in [7, 11) is 0. The molecule has 0 aliphatic heterocycles. The molecule has 1 N–H and O–H groups in total. The summed E-state index contributed by atoms with van der Waals surface area (Å²) in [5, 5.41) is 3.47. The molecule has 0 aromatic carbocycles. The van der Waals surface area contributed by atoms with Gasteiger partial charge in [0.2, 0.25) is 0 Å². The molecular formula is C12H27NO. The molecule has 0 amide bonds. The minimum Gasteiger partial charge on any atom is -0.378 e. The third-order valence-electron chi connectivity index (χ3n) is 2.33. The Kier molecular flexibility index (Phi) is 9.42. The zero-order chi connectivity index (χ0) is 10.8. The topological polar surface area (TPSA) is 21.3 Å². The lowest BCUT2D eigenvalue weighted by atomic mass is 10.1. The maximum Gasteiger partial charge on any atom is 0.0561 e. The molecule has 2 heteroatoms. The summed E-state index contributed by atoms with van der Waals surface area (Å²) in [6.45, 7) is 10.8. The predicted molar refractivity (Wildman–Crippen MR) is 62.7 cm³/mol. The fourth-order valence-corrected chi connectivity index (χ4v) is 1.47. The second-order valence-electron chi connectivity index (χ2n) is 4.13. The number of nitrogens with one attached hydrogen (secondary N) is 1. The normalized spacial score (nSPS) is 15.4. The van der Waals surface area contributed by atoms with Gasteiger partial charge in [-0.25, -0.2) is 0 Å². The standard InChI is InChI=1S/C12H27NO/c1-5-7-9-14-12(4)10-11(3)13-8-6-2/h11-13H,5-10H2,1-4H3. The smallest absolute Gasteiger partial charge is 0.0561 e. The van der Waals surface area contributed by atoms with Gasteiger partial charge in [0.25, 0.3) is 0 Å². The molecule has 0 heterocycles. The van der Waals surface area contributed by atoms with Crippen molar-refractivity contribution in [2.75, 3.05) is 13.2 Å². The van der Waals surface area contributed by atoms with Gasteiger partial charge < -0.3 is 10.1 Å².